The summed E-state index contributed by atoms with van der Waals surface area (Å²) in [6.07, 6.45) is 1.68. The first kappa shape index (κ1) is 19.2. The average molecular weight is 373 g/mol. The van der Waals surface area contributed by atoms with E-state index in [1.165, 1.54) is 18.2 Å². The molecule has 5 nitrogen and oxygen atoms in total. The Labute approximate surface area is 158 Å². The quantitative estimate of drug-likeness (QED) is 0.846. The molecule has 0 saturated carbocycles. The van der Waals surface area contributed by atoms with E-state index >= 15 is 0 Å². The van der Waals surface area contributed by atoms with Gasteiger partial charge in [-0.2, -0.15) is 0 Å². The highest BCUT2D eigenvalue weighted by Gasteiger charge is 2.32. The lowest BCUT2D eigenvalue weighted by molar-refractivity contribution is -0.133. The summed E-state index contributed by atoms with van der Waals surface area (Å²) in [5.41, 5.74) is -0.964. The third-order valence-corrected chi connectivity index (χ3v) is 4.68. The molecule has 1 N–H and O–H groups in total. The maximum absolute atomic E-state index is 13.2. The van der Waals surface area contributed by atoms with Crippen molar-refractivity contribution in [1.29, 1.82) is 0 Å². The molecule has 1 fully saturated rings. The zero-order chi connectivity index (χ0) is 19.1. The van der Waals surface area contributed by atoms with E-state index in [0.717, 1.165) is 0 Å². The van der Waals surface area contributed by atoms with Crippen LogP contribution in [0.1, 0.15) is 19.3 Å². The van der Waals surface area contributed by atoms with Gasteiger partial charge in [0.1, 0.15) is 29.5 Å². The number of carbonyl (C=O) groups excluding carboxylic acids is 1. The number of likely N-dealkylation sites (tertiary alicyclic amines) is 1. The van der Waals surface area contributed by atoms with Crippen molar-refractivity contribution in [3.63, 3.8) is 0 Å². The Kier molecular flexibility index (Phi) is 6.29. The van der Waals surface area contributed by atoms with Gasteiger partial charge in [0.15, 0.2) is 6.61 Å². The van der Waals surface area contributed by atoms with Crippen LogP contribution in [0.5, 0.6) is 11.5 Å². The number of aliphatic hydroxyl groups is 1. The first-order valence-electron chi connectivity index (χ1n) is 9.10. The van der Waals surface area contributed by atoms with E-state index in [-0.39, 0.29) is 19.1 Å². The molecule has 1 atom stereocenters. The predicted molar refractivity (Wildman–Crippen MR) is 99.2 cm³/mol. The molecule has 0 spiro atoms. The van der Waals surface area contributed by atoms with Gasteiger partial charge in [-0.15, -0.1) is 0 Å². The minimum absolute atomic E-state index is 0.150. The summed E-state index contributed by atoms with van der Waals surface area (Å²) in [4.78, 5) is 14.1. The zero-order valence-electron chi connectivity index (χ0n) is 15.1. The van der Waals surface area contributed by atoms with Crippen LogP contribution in [0.4, 0.5) is 4.39 Å². The van der Waals surface area contributed by atoms with Crippen LogP contribution in [-0.4, -0.2) is 47.8 Å². The highest BCUT2D eigenvalue weighted by molar-refractivity contribution is 5.77. The maximum Gasteiger partial charge on any atom is 0.260 e. The van der Waals surface area contributed by atoms with Gasteiger partial charge in [0.2, 0.25) is 0 Å². The van der Waals surface area contributed by atoms with Gasteiger partial charge in [-0.25, -0.2) is 4.39 Å². The molecule has 0 aliphatic carbocycles. The van der Waals surface area contributed by atoms with E-state index in [4.69, 9.17) is 9.47 Å². The van der Waals surface area contributed by atoms with Crippen molar-refractivity contribution in [3.8, 4) is 11.5 Å². The molecule has 144 valence electrons. The number of para-hydroxylation sites is 1. The molecule has 0 radical (unpaired) electrons. The van der Waals surface area contributed by atoms with Gasteiger partial charge in [-0.3, -0.25) is 4.79 Å². The number of hydrogen-bond donors (Lipinski definition) is 1. The molecule has 3 rings (SSSR count). The summed E-state index contributed by atoms with van der Waals surface area (Å²) in [6, 6.07) is 15.1. The first-order valence-corrected chi connectivity index (χ1v) is 9.10. The summed E-state index contributed by atoms with van der Waals surface area (Å²) in [7, 11) is 0. The minimum atomic E-state index is -0.964. The molecule has 2 aromatic carbocycles. The number of halogens is 1. The summed E-state index contributed by atoms with van der Waals surface area (Å²) in [6.45, 7) is 1.03. The van der Waals surface area contributed by atoms with Gasteiger partial charge < -0.3 is 19.5 Å². The Hall–Kier alpha value is -2.60. The highest BCUT2D eigenvalue weighted by Crippen LogP contribution is 2.24. The molecule has 27 heavy (non-hydrogen) atoms. The normalized spacial score (nSPS) is 20.0. The van der Waals surface area contributed by atoms with Gasteiger partial charge in [0.05, 0.1) is 0 Å². The van der Waals surface area contributed by atoms with Crippen LogP contribution < -0.4 is 9.47 Å². The second-order valence-electron chi connectivity index (χ2n) is 6.81. The highest BCUT2D eigenvalue weighted by atomic mass is 19.1. The van der Waals surface area contributed by atoms with Gasteiger partial charge in [-0.05, 0) is 43.5 Å². The Bertz CT molecular complexity index is 755. The molecule has 1 aliphatic heterocycles. The van der Waals surface area contributed by atoms with Crippen LogP contribution in [0.15, 0.2) is 54.6 Å². The topological polar surface area (TPSA) is 59.0 Å². The SMILES string of the molecule is O=C(COc1cccc(F)c1)N1CCCC(O)(COc2ccccc2)CC1. The molecule has 1 amide bonds. The molecule has 1 saturated heterocycles. The van der Waals surface area contributed by atoms with Crippen molar-refractivity contribution in [2.24, 2.45) is 0 Å². The predicted octanol–water partition coefficient (Wildman–Crippen LogP) is 3.03. The van der Waals surface area contributed by atoms with Crippen molar-refractivity contribution in [3.05, 3.63) is 60.4 Å². The summed E-state index contributed by atoms with van der Waals surface area (Å²) in [5, 5.41) is 10.8. The number of carbonyl (C=O) groups is 1. The van der Waals surface area contributed by atoms with Crippen LogP contribution in [0, 0.1) is 5.82 Å². The van der Waals surface area contributed by atoms with Gasteiger partial charge in [0, 0.05) is 19.2 Å². The maximum atomic E-state index is 13.2. The monoisotopic (exact) mass is 373 g/mol. The third kappa shape index (κ3) is 5.69. The van der Waals surface area contributed by atoms with Crippen molar-refractivity contribution in [1.82, 2.24) is 4.90 Å². The number of nitrogens with zero attached hydrogens (tertiary/aromatic N) is 1. The zero-order valence-corrected chi connectivity index (χ0v) is 15.1. The van der Waals surface area contributed by atoms with Gasteiger partial charge >= 0.3 is 0 Å². The molecule has 0 bridgehead atoms. The Morgan fingerprint density at radius 1 is 1.04 bits per heavy atom. The second kappa shape index (κ2) is 8.86. The van der Waals surface area contributed by atoms with Crippen molar-refractivity contribution >= 4 is 5.91 Å². The lowest BCUT2D eigenvalue weighted by Crippen LogP contribution is -2.39. The van der Waals surface area contributed by atoms with E-state index < -0.39 is 11.4 Å². The fourth-order valence-electron chi connectivity index (χ4n) is 3.10. The standard InChI is InChI=1S/C21H24FNO4/c22-17-6-4-9-19(14-17)26-15-20(24)23-12-5-10-21(25,11-13-23)16-27-18-7-2-1-3-8-18/h1-4,6-9,14,25H,5,10-13,15-16H2. The van der Waals surface area contributed by atoms with Crippen LogP contribution in [0.25, 0.3) is 0 Å². The average Bonchev–Trinajstić information content (AvgIpc) is 2.88. The van der Waals surface area contributed by atoms with Crippen LogP contribution >= 0.6 is 0 Å². The molecule has 0 aromatic heterocycles. The number of ether oxygens (including phenoxy) is 2. The number of rotatable bonds is 6. The number of hydrogen-bond acceptors (Lipinski definition) is 4. The van der Waals surface area contributed by atoms with E-state index in [9.17, 15) is 14.3 Å². The largest absolute Gasteiger partial charge is 0.491 e. The third-order valence-electron chi connectivity index (χ3n) is 4.68. The molecule has 1 aliphatic rings. The Balaban J connectivity index is 1.48. The van der Waals surface area contributed by atoms with Crippen molar-refractivity contribution in [2.45, 2.75) is 24.9 Å². The number of amides is 1. The molecule has 1 unspecified atom stereocenters. The summed E-state index contributed by atoms with van der Waals surface area (Å²) in [5.74, 6) is 0.461. The van der Waals surface area contributed by atoms with Crippen LogP contribution in [0.2, 0.25) is 0 Å². The lowest BCUT2D eigenvalue weighted by atomic mass is 9.96. The number of benzene rings is 2. The van der Waals surface area contributed by atoms with Crippen LogP contribution in [-0.2, 0) is 4.79 Å². The fourth-order valence-corrected chi connectivity index (χ4v) is 3.10. The molecular weight excluding hydrogens is 349 g/mol. The van der Waals surface area contributed by atoms with Crippen molar-refractivity contribution < 1.29 is 23.8 Å². The van der Waals surface area contributed by atoms with E-state index in [1.807, 2.05) is 30.3 Å². The fraction of sp³-hybridized carbons (Fsp3) is 0.381. The van der Waals surface area contributed by atoms with Crippen molar-refractivity contribution in [2.75, 3.05) is 26.3 Å². The Morgan fingerprint density at radius 3 is 2.59 bits per heavy atom. The first-order chi connectivity index (χ1) is 13.0. The molecule has 2 aromatic rings. The summed E-state index contributed by atoms with van der Waals surface area (Å²) < 4.78 is 24.2. The van der Waals surface area contributed by atoms with Gasteiger partial charge in [0.25, 0.3) is 5.91 Å². The van der Waals surface area contributed by atoms with Gasteiger partial charge in [-0.1, -0.05) is 24.3 Å². The molecule has 1 heterocycles. The summed E-state index contributed by atoms with van der Waals surface area (Å²) >= 11 is 0. The smallest absolute Gasteiger partial charge is 0.260 e. The molecule has 6 heteroatoms. The van der Waals surface area contributed by atoms with E-state index in [1.54, 1.807) is 11.0 Å². The Morgan fingerprint density at radius 2 is 1.81 bits per heavy atom. The molecular formula is C21H24FNO4. The van der Waals surface area contributed by atoms with E-state index in [2.05, 4.69) is 0 Å². The minimum Gasteiger partial charge on any atom is -0.491 e. The van der Waals surface area contributed by atoms with Crippen LogP contribution in [0.3, 0.4) is 0 Å². The lowest BCUT2D eigenvalue weighted by Gasteiger charge is -2.27. The second-order valence-corrected chi connectivity index (χ2v) is 6.81. The van der Waals surface area contributed by atoms with E-state index in [0.29, 0.717) is 43.9 Å².